The van der Waals surface area contributed by atoms with Crippen LogP contribution in [0.2, 0.25) is 0 Å². The summed E-state index contributed by atoms with van der Waals surface area (Å²) in [6, 6.07) is 6.83. The Labute approximate surface area is 101 Å². The van der Waals surface area contributed by atoms with Gasteiger partial charge in [-0.05, 0) is 43.2 Å². The number of nitrogens with zero attached hydrogens (tertiary/aromatic N) is 1. The second-order valence-corrected chi connectivity index (χ2v) is 3.55. The van der Waals surface area contributed by atoms with Crippen LogP contribution in [0.15, 0.2) is 29.4 Å². The summed E-state index contributed by atoms with van der Waals surface area (Å²) in [5.74, 6) is 0.825. The zero-order valence-electron chi connectivity index (χ0n) is 10.1. The molecule has 17 heavy (non-hydrogen) atoms. The number of hydrogen-bond donors (Lipinski definition) is 2. The van der Waals surface area contributed by atoms with Gasteiger partial charge in [0.05, 0.1) is 12.3 Å². The van der Waals surface area contributed by atoms with Gasteiger partial charge in [-0.1, -0.05) is 6.92 Å². The van der Waals surface area contributed by atoms with E-state index in [0.717, 1.165) is 17.7 Å². The Morgan fingerprint density at radius 2 is 2.06 bits per heavy atom. The van der Waals surface area contributed by atoms with E-state index in [1.807, 2.05) is 24.3 Å². The highest BCUT2D eigenvalue weighted by Gasteiger charge is 1.99. The summed E-state index contributed by atoms with van der Waals surface area (Å²) in [7, 11) is 0. The number of ether oxygens (including phenoxy) is 1. The van der Waals surface area contributed by atoms with Crippen LogP contribution in [0.4, 0.5) is 4.79 Å². The SMILES string of the molecule is CCCOc1ccc(C(C)=NNC(N)=O)cc1. The van der Waals surface area contributed by atoms with E-state index in [2.05, 4.69) is 17.5 Å². The molecule has 0 aromatic heterocycles. The van der Waals surface area contributed by atoms with E-state index in [1.165, 1.54) is 0 Å². The zero-order valence-corrected chi connectivity index (χ0v) is 10.1. The van der Waals surface area contributed by atoms with Crippen LogP contribution in [0.25, 0.3) is 0 Å². The van der Waals surface area contributed by atoms with Crippen molar-refractivity contribution in [3.63, 3.8) is 0 Å². The molecule has 3 N–H and O–H groups in total. The lowest BCUT2D eigenvalue weighted by atomic mass is 10.1. The molecule has 0 unspecified atom stereocenters. The van der Waals surface area contributed by atoms with Crippen LogP contribution >= 0.6 is 0 Å². The third kappa shape index (κ3) is 4.55. The van der Waals surface area contributed by atoms with Gasteiger partial charge in [0, 0.05) is 0 Å². The standard InChI is InChI=1S/C12H17N3O2/c1-3-8-17-11-6-4-10(5-7-11)9(2)14-15-12(13)16/h4-7H,3,8H2,1-2H3,(H3,13,15,16). The topological polar surface area (TPSA) is 76.7 Å². The summed E-state index contributed by atoms with van der Waals surface area (Å²) >= 11 is 0. The van der Waals surface area contributed by atoms with Crippen LogP contribution in [0.3, 0.4) is 0 Å². The molecular formula is C12H17N3O2. The van der Waals surface area contributed by atoms with Crippen molar-refractivity contribution in [3.8, 4) is 5.75 Å². The average molecular weight is 235 g/mol. The molecule has 1 rings (SSSR count). The smallest absolute Gasteiger partial charge is 0.332 e. The predicted molar refractivity (Wildman–Crippen MR) is 67.2 cm³/mol. The number of nitrogens with one attached hydrogen (secondary N) is 1. The zero-order chi connectivity index (χ0) is 12.7. The van der Waals surface area contributed by atoms with E-state index in [4.69, 9.17) is 10.5 Å². The highest BCUT2D eigenvalue weighted by Crippen LogP contribution is 2.12. The first-order valence-corrected chi connectivity index (χ1v) is 5.46. The Morgan fingerprint density at radius 3 is 2.59 bits per heavy atom. The van der Waals surface area contributed by atoms with E-state index >= 15 is 0 Å². The Kier molecular flexibility index (Phi) is 5.00. The Hall–Kier alpha value is -2.04. The number of hydrogen-bond acceptors (Lipinski definition) is 3. The van der Waals surface area contributed by atoms with Gasteiger partial charge in [0.25, 0.3) is 0 Å². The molecule has 0 aliphatic rings. The normalized spacial score (nSPS) is 11.1. The van der Waals surface area contributed by atoms with Crippen molar-refractivity contribution in [2.75, 3.05) is 6.61 Å². The summed E-state index contributed by atoms with van der Waals surface area (Å²) < 4.78 is 5.46. The van der Waals surface area contributed by atoms with Gasteiger partial charge in [-0.3, -0.25) is 0 Å². The van der Waals surface area contributed by atoms with Gasteiger partial charge >= 0.3 is 6.03 Å². The first-order chi connectivity index (χ1) is 8.13. The largest absolute Gasteiger partial charge is 0.494 e. The van der Waals surface area contributed by atoms with Crippen molar-refractivity contribution >= 4 is 11.7 Å². The summed E-state index contributed by atoms with van der Waals surface area (Å²) in [5.41, 5.74) is 8.70. The minimum Gasteiger partial charge on any atom is -0.494 e. The molecule has 0 atom stereocenters. The van der Waals surface area contributed by atoms with Gasteiger partial charge in [-0.15, -0.1) is 0 Å². The number of carbonyl (C=O) groups is 1. The molecule has 0 saturated heterocycles. The van der Waals surface area contributed by atoms with Crippen molar-refractivity contribution in [1.82, 2.24) is 5.43 Å². The number of carbonyl (C=O) groups excluding carboxylic acids is 1. The van der Waals surface area contributed by atoms with E-state index in [-0.39, 0.29) is 0 Å². The van der Waals surface area contributed by atoms with Crippen molar-refractivity contribution < 1.29 is 9.53 Å². The fraction of sp³-hybridized carbons (Fsp3) is 0.333. The van der Waals surface area contributed by atoms with Crippen molar-refractivity contribution in [2.45, 2.75) is 20.3 Å². The molecule has 0 fully saturated rings. The highest BCUT2D eigenvalue weighted by molar-refractivity contribution is 5.99. The molecule has 5 nitrogen and oxygen atoms in total. The number of benzene rings is 1. The monoisotopic (exact) mass is 235 g/mol. The van der Waals surface area contributed by atoms with Crippen molar-refractivity contribution in [1.29, 1.82) is 0 Å². The molecule has 1 aromatic rings. The lowest BCUT2D eigenvalue weighted by molar-refractivity contribution is 0.249. The van der Waals surface area contributed by atoms with Crippen LogP contribution < -0.4 is 15.9 Å². The molecule has 0 spiro atoms. The number of primary amides is 1. The van der Waals surface area contributed by atoms with Gasteiger partial charge in [0.2, 0.25) is 0 Å². The van der Waals surface area contributed by atoms with Crippen LogP contribution in [-0.4, -0.2) is 18.3 Å². The van der Waals surface area contributed by atoms with E-state index in [0.29, 0.717) is 12.3 Å². The van der Waals surface area contributed by atoms with Crippen LogP contribution in [0.1, 0.15) is 25.8 Å². The maximum atomic E-state index is 10.5. The summed E-state index contributed by atoms with van der Waals surface area (Å²) in [6.07, 6.45) is 0.977. The molecule has 0 radical (unpaired) electrons. The maximum Gasteiger partial charge on any atom is 0.332 e. The van der Waals surface area contributed by atoms with Gasteiger partial charge in [-0.2, -0.15) is 5.10 Å². The molecule has 0 aliphatic carbocycles. The predicted octanol–water partition coefficient (Wildman–Crippen LogP) is 1.87. The Morgan fingerprint density at radius 1 is 1.41 bits per heavy atom. The lowest BCUT2D eigenvalue weighted by Gasteiger charge is -2.05. The lowest BCUT2D eigenvalue weighted by Crippen LogP contribution is -2.25. The van der Waals surface area contributed by atoms with Gasteiger partial charge < -0.3 is 10.5 Å². The maximum absolute atomic E-state index is 10.5. The number of rotatable bonds is 5. The molecular weight excluding hydrogens is 218 g/mol. The molecule has 92 valence electrons. The third-order valence-electron chi connectivity index (χ3n) is 2.08. The first kappa shape index (κ1) is 13.0. The van der Waals surface area contributed by atoms with E-state index in [9.17, 15) is 4.79 Å². The highest BCUT2D eigenvalue weighted by atomic mass is 16.5. The number of nitrogens with two attached hydrogens (primary N) is 1. The summed E-state index contributed by atoms with van der Waals surface area (Å²) in [6.45, 7) is 4.55. The molecule has 1 aromatic carbocycles. The Bertz CT molecular complexity index is 399. The third-order valence-corrected chi connectivity index (χ3v) is 2.08. The second-order valence-electron chi connectivity index (χ2n) is 3.55. The minimum atomic E-state index is -0.674. The van der Waals surface area contributed by atoms with Crippen LogP contribution in [-0.2, 0) is 0 Å². The fourth-order valence-electron chi connectivity index (χ4n) is 1.22. The summed E-state index contributed by atoms with van der Waals surface area (Å²) in [4.78, 5) is 10.5. The van der Waals surface area contributed by atoms with Gasteiger partial charge in [0.15, 0.2) is 0 Å². The molecule has 0 heterocycles. The van der Waals surface area contributed by atoms with Crippen molar-refractivity contribution in [3.05, 3.63) is 29.8 Å². The van der Waals surface area contributed by atoms with Crippen LogP contribution in [0.5, 0.6) is 5.75 Å². The number of urea groups is 1. The second kappa shape index (κ2) is 6.52. The quantitative estimate of drug-likeness (QED) is 0.603. The van der Waals surface area contributed by atoms with Gasteiger partial charge in [-0.25, -0.2) is 10.2 Å². The molecule has 0 aliphatic heterocycles. The van der Waals surface area contributed by atoms with E-state index in [1.54, 1.807) is 6.92 Å². The molecule has 5 heteroatoms. The number of amides is 2. The summed E-state index contributed by atoms with van der Waals surface area (Å²) in [5, 5.41) is 3.84. The van der Waals surface area contributed by atoms with Crippen LogP contribution in [0, 0.1) is 0 Å². The molecule has 2 amide bonds. The molecule has 0 saturated carbocycles. The van der Waals surface area contributed by atoms with E-state index < -0.39 is 6.03 Å². The first-order valence-electron chi connectivity index (χ1n) is 5.46. The van der Waals surface area contributed by atoms with Crippen molar-refractivity contribution in [2.24, 2.45) is 10.8 Å². The Balaban J connectivity index is 2.66. The fourth-order valence-corrected chi connectivity index (χ4v) is 1.22. The molecule has 0 bridgehead atoms. The minimum absolute atomic E-state index is 0.674. The number of hydrazone groups is 1. The van der Waals surface area contributed by atoms with Gasteiger partial charge in [0.1, 0.15) is 5.75 Å². The average Bonchev–Trinajstić information content (AvgIpc) is 2.34.